The summed E-state index contributed by atoms with van der Waals surface area (Å²) in [5, 5.41) is 7.29. The van der Waals surface area contributed by atoms with E-state index in [0.29, 0.717) is 0 Å². The van der Waals surface area contributed by atoms with Gasteiger partial charge in [-0.3, -0.25) is 9.67 Å². The van der Waals surface area contributed by atoms with Crippen molar-refractivity contribution in [3.8, 4) is 0 Å². The minimum Gasteiger partial charge on any atom is -0.370 e. The molecule has 1 N–H and O–H groups in total. The van der Waals surface area contributed by atoms with E-state index in [0.717, 1.165) is 18.8 Å². The van der Waals surface area contributed by atoms with Crippen molar-refractivity contribution in [2.75, 3.05) is 19.0 Å². The van der Waals surface area contributed by atoms with Crippen molar-refractivity contribution in [1.82, 2.24) is 20.1 Å². The molecule has 0 aliphatic carbocycles. The van der Waals surface area contributed by atoms with E-state index < -0.39 is 0 Å². The van der Waals surface area contributed by atoms with Gasteiger partial charge in [-0.1, -0.05) is 0 Å². The van der Waals surface area contributed by atoms with Crippen molar-refractivity contribution in [2.24, 2.45) is 7.05 Å². The van der Waals surface area contributed by atoms with Gasteiger partial charge < -0.3 is 10.2 Å². The highest BCUT2D eigenvalue weighted by molar-refractivity contribution is 5.46. The Balaban J connectivity index is 2.08. The molecular formula is C13H19N5. The smallest absolute Gasteiger partial charge is 0.0562 e. The topological polar surface area (TPSA) is 46.0 Å². The molecule has 2 rings (SSSR count). The average Bonchev–Trinajstić information content (AvgIpc) is 2.75. The van der Waals surface area contributed by atoms with Crippen molar-refractivity contribution in [3.63, 3.8) is 0 Å². The molecule has 0 amide bonds. The minimum atomic E-state index is 0.786. The standard InChI is InChI=1S/C13H19N5/c1-14-8-12-6-13(4-5-15-12)17(2)9-11-7-16-18(3)10-11/h4-7,10,14H,8-9H2,1-3H3. The lowest BCUT2D eigenvalue weighted by atomic mass is 10.2. The van der Waals surface area contributed by atoms with Crippen LogP contribution < -0.4 is 10.2 Å². The summed E-state index contributed by atoms with van der Waals surface area (Å²) in [4.78, 5) is 6.51. The lowest BCUT2D eigenvalue weighted by molar-refractivity contribution is 0.766. The second kappa shape index (κ2) is 5.64. The van der Waals surface area contributed by atoms with E-state index in [2.05, 4.69) is 33.4 Å². The molecule has 0 fully saturated rings. The van der Waals surface area contributed by atoms with Gasteiger partial charge in [-0.05, 0) is 19.2 Å². The summed E-state index contributed by atoms with van der Waals surface area (Å²) in [5.74, 6) is 0. The van der Waals surface area contributed by atoms with E-state index in [4.69, 9.17) is 0 Å². The Bertz CT molecular complexity index is 506. The van der Waals surface area contributed by atoms with Gasteiger partial charge in [0.05, 0.1) is 11.9 Å². The predicted octanol–water partition coefficient (Wildman–Crippen LogP) is 1.17. The summed E-state index contributed by atoms with van der Waals surface area (Å²) in [6.45, 7) is 1.63. The number of pyridine rings is 1. The Labute approximate surface area is 107 Å². The summed E-state index contributed by atoms with van der Waals surface area (Å²) in [6.07, 6.45) is 5.78. The summed E-state index contributed by atoms with van der Waals surface area (Å²) in [6, 6.07) is 4.13. The third kappa shape index (κ3) is 3.07. The van der Waals surface area contributed by atoms with Gasteiger partial charge in [-0.15, -0.1) is 0 Å². The molecule has 2 aromatic rings. The van der Waals surface area contributed by atoms with Crippen molar-refractivity contribution in [2.45, 2.75) is 13.1 Å². The lowest BCUT2D eigenvalue weighted by Gasteiger charge is -2.18. The van der Waals surface area contributed by atoms with Gasteiger partial charge in [-0.25, -0.2) is 0 Å². The van der Waals surface area contributed by atoms with Gasteiger partial charge in [0.15, 0.2) is 0 Å². The van der Waals surface area contributed by atoms with Crippen LogP contribution in [0.15, 0.2) is 30.7 Å². The van der Waals surface area contributed by atoms with Crippen LogP contribution in [0.4, 0.5) is 5.69 Å². The van der Waals surface area contributed by atoms with Crippen LogP contribution in [0.2, 0.25) is 0 Å². The van der Waals surface area contributed by atoms with Crippen LogP contribution in [0.3, 0.4) is 0 Å². The molecule has 96 valence electrons. The van der Waals surface area contributed by atoms with Gasteiger partial charge in [0.1, 0.15) is 0 Å². The largest absolute Gasteiger partial charge is 0.370 e. The number of nitrogens with one attached hydrogen (secondary N) is 1. The maximum Gasteiger partial charge on any atom is 0.0562 e. The first-order valence-electron chi connectivity index (χ1n) is 5.97. The van der Waals surface area contributed by atoms with Crippen molar-refractivity contribution >= 4 is 5.69 Å². The van der Waals surface area contributed by atoms with E-state index >= 15 is 0 Å². The zero-order valence-corrected chi connectivity index (χ0v) is 11.1. The fraction of sp³-hybridized carbons (Fsp3) is 0.385. The van der Waals surface area contributed by atoms with Crippen LogP contribution in [0.1, 0.15) is 11.3 Å². The second-order valence-corrected chi connectivity index (χ2v) is 4.41. The maximum absolute atomic E-state index is 4.32. The highest BCUT2D eigenvalue weighted by Gasteiger charge is 2.05. The molecule has 0 bridgehead atoms. The SMILES string of the molecule is CNCc1cc(N(C)Cc2cnn(C)c2)ccn1. The molecule has 0 unspecified atom stereocenters. The Morgan fingerprint density at radius 2 is 2.28 bits per heavy atom. The summed E-state index contributed by atoms with van der Waals surface area (Å²) in [5.41, 5.74) is 3.42. The zero-order valence-electron chi connectivity index (χ0n) is 11.1. The monoisotopic (exact) mass is 245 g/mol. The number of hydrogen-bond acceptors (Lipinski definition) is 4. The first kappa shape index (κ1) is 12.6. The number of anilines is 1. The molecule has 2 aromatic heterocycles. The molecule has 18 heavy (non-hydrogen) atoms. The molecule has 0 spiro atoms. The molecular weight excluding hydrogens is 226 g/mol. The predicted molar refractivity (Wildman–Crippen MR) is 72.3 cm³/mol. The summed E-state index contributed by atoms with van der Waals surface area (Å²) < 4.78 is 1.82. The van der Waals surface area contributed by atoms with Crippen molar-refractivity contribution in [3.05, 3.63) is 42.0 Å². The van der Waals surface area contributed by atoms with Crippen LogP contribution in [-0.4, -0.2) is 28.9 Å². The Morgan fingerprint density at radius 1 is 1.44 bits per heavy atom. The Morgan fingerprint density at radius 3 is 2.94 bits per heavy atom. The first-order chi connectivity index (χ1) is 8.69. The number of rotatable bonds is 5. The van der Waals surface area contributed by atoms with Gasteiger partial charge in [0.2, 0.25) is 0 Å². The Kier molecular flexibility index (Phi) is 3.94. The van der Waals surface area contributed by atoms with Crippen molar-refractivity contribution in [1.29, 1.82) is 0 Å². The molecule has 5 heteroatoms. The molecule has 0 saturated heterocycles. The third-order valence-electron chi connectivity index (χ3n) is 2.78. The molecule has 0 radical (unpaired) electrons. The van der Waals surface area contributed by atoms with Crippen LogP contribution in [-0.2, 0) is 20.1 Å². The second-order valence-electron chi connectivity index (χ2n) is 4.41. The fourth-order valence-electron chi connectivity index (χ4n) is 1.90. The summed E-state index contributed by atoms with van der Waals surface area (Å²) in [7, 11) is 5.93. The molecule has 0 saturated carbocycles. The third-order valence-corrected chi connectivity index (χ3v) is 2.78. The van der Waals surface area contributed by atoms with Crippen LogP contribution in [0, 0.1) is 0 Å². The fourth-order valence-corrected chi connectivity index (χ4v) is 1.90. The quantitative estimate of drug-likeness (QED) is 0.859. The van der Waals surface area contributed by atoms with E-state index in [1.54, 1.807) is 0 Å². The van der Waals surface area contributed by atoms with E-state index in [1.807, 2.05) is 43.4 Å². The van der Waals surface area contributed by atoms with Crippen LogP contribution in [0.25, 0.3) is 0 Å². The molecule has 0 aliphatic heterocycles. The van der Waals surface area contributed by atoms with Gasteiger partial charge in [0.25, 0.3) is 0 Å². The van der Waals surface area contributed by atoms with Gasteiger partial charge in [0, 0.05) is 50.8 Å². The molecule has 2 heterocycles. The van der Waals surface area contributed by atoms with Crippen molar-refractivity contribution < 1.29 is 0 Å². The molecule has 0 aromatic carbocycles. The number of hydrogen-bond donors (Lipinski definition) is 1. The van der Waals surface area contributed by atoms with E-state index in [-0.39, 0.29) is 0 Å². The molecule has 5 nitrogen and oxygen atoms in total. The number of aryl methyl sites for hydroxylation is 1. The Hall–Kier alpha value is -1.88. The normalized spacial score (nSPS) is 10.6. The maximum atomic E-state index is 4.32. The highest BCUT2D eigenvalue weighted by atomic mass is 15.2. The summed E-state index contributed by atoms with van der Waals surface area (Å²) >= 11 is 0. The lowest BCUT2D eigenvalue weighted by Crippen LogP contribution is -2.17. The van der Waals surface area contributed by atoms with E-state index in [1.165, 1.54) is 11.3 Å². The number of aromatic nitrogens is 3. The number of nitrogens with zero attached hydrogens (tertiary/aromatic N) is 4. The van der Waals surface area contributed by atoms with E-state index in [9.17, 15) is 0 Å². The highest BCUT2D eigenvalue weighted by Crippen LogP contribution is 2.15. The molecule has 0 aliphatic rings. The van der Waals surface area contributed by atoms with Crippen LogP contribution >= 0.6 is 0 Å². The first-order valence-corrected chi connectivity index (χ1v) is 5.97. The van der Waals surface area contributed by atoms with Gasteiger partial charge in [-0.2, -0.15) is 5.10 Å². The zero-order chi connectivity index (χ0) is 13.0. The minimum absolute atomic E-state index is 0.786. The van der Waals surface area contributed by atoms with Gasteiger partial charge >= 0.3 is 0 Å². The van der Waals surface area contributed by atoms with Crippen LogP contribution in [0.5, 0.6) is 0 Å². The average molecular weight is 245 g/mol. The molecule has 0 atom stereocenters.